The molecule has 0 saturated heterocycles. The maximum Gasteiger partial charge on any atom is 0.0584 e. The van der Waals surface area contributed by atoms with Crippen molar-refractivity contribution in [1.82, 2.24) is 5.32 Å². The molecule has 0 aromatic heterocycles. The van der Waals surface area contributed by atoms with Crippen LogP contribution in [0.1, 0.15) is 38.7 Å². The number of hydrogen-bond donors (Lipinski definition) is 2. The highest BCUT2D eigenvalue weighted by molar-refractivity contribution is 5.14. The fourth-order valence-corrected chi connectivity index (χ4v) is 2.18. The normalized spacial score (nSPS) is 14.5. The molecule has 2 unspecified atom stereocenters. The van der Waals surface area contributed by atoms with E-state index in [1.165, 1.54) is 18.4 Å². The Balaban J connectivity index is 2.32. The zero-order valence-electron chi connectivity index (χ0n) is 11.0. The topological polar surface area (TPSA) is 32.3 Å². The van der Waals surface area contributed by atoms with Gasteiger partial charge in [0.2, 0.25) is 0 Å². The summed E-state index contributed by atoms with van der Waals surface area (Å²) in [6, 6.07) is 10.6. The molecule has 0 aliphatic rings. The third kappa shape index (κ3) is 5.85. The molecular weight excluding hydrogens is 210 g/mol. The molecule has 2 heteroatoms. The smallest absolute Gasteiger partial charge is 0.0584 e. The average Bonchev–Trinajstić information content (AvgIpc) is 2.36. The molecule has 96 valence electrons. The van der Waals surface area contributed by atoms with E-state index in [0.717, 1.165) is 13.0 Å². The van der Waals surface area contributed by atoms with E-state index in [-0.39, 0.29) is 12.6 Å². The van der Waals surface area contributed by atoms with E-state index in [0.29, 0.717) is 5.92 Å². The SMILES string of the molecule is CCCC(C)CC(CO)NCc1ccccc1. The van der Waals surface area contributed by atoms with Gasteiger partial charge < -0.3 is 10.4 Å². The van der Waals surface area contributed by atoms with Gasteiger partial charge >= 0.3 is 0 Å². The Bertz CT molecular complexity index is 286. The van der Waals surface area contributed by atoms with Crippen molar-refractivity contribution in [3.8, 4) is 0 Å². The van der Waals surface area contributed by atoms with Crippen molar-refractivity contribution in [2.24, 2.45) is 5.92 Å². The minimum Gasteiger partial charge on any atom is -0.395 e. The Hall–Kier alpha value is -0.860. The largest absolute Gasteiger partial charge is 0.395 e. The first-order chi connectivity index (χ1) is 8.26. The Morgan fingerprint density at radius 2 is 1.94 bits per heavy atom. The molecule has 0 heterocycles. The predicted molar refractivity (Wildman–Crippen MR) is 72.8 cm³/mol. The second kappa shape index (κ2) is 8.26. The molecule has 2 atom stereocenters. The number of nitrogens with one attached hydrogen (secondary N) is 1. The molecule has 17 heavy (non-hydrogen) atoms. The molecule has 0 spiro atoms. The lowest BCUT2D eigenvalue weighted by Crippen LogP contribution is -2.33. The van der Waals surface area contributed by atoms with Crippen molar-refractivity contribution in [1.29, 1.82) is 0 Å². The van der Waals surface area contributed by atoms with E-state index in [1.54, 1.807) is 0 Å². The van der Waals surface area contributed by atoms with E-state index in [4.69, 9.17) is 0 Å². The summed E-state index contributed by atoms with van der Waals surface area (Å²) in [4.78, 5) is 0. The number of benzene rings is 1. The van der Waals surface area contributed by atoms with Gasteiger partial charge in [-0.15, -0.1) is 0 Å². The summed E-state index contributed by atoms with van der Waals surface area (Å²) in [5.74, 6) is 0.681. The van der Waals surface area contributed by atoms with Crippen molar-refractivity contribution < 1.29 is 5.11 Å². The molecule has 1 aromatic carbocycles. The molecule has 0 fully saturated rings. The second-order valence-electron chi connectivity index (χ2n) is 4.88. The minimum absolute atomic E-state index is 0.219. The van der Waals surface area contributed by atoms with Crippen molar-refractivity contribution >= 4 is 0 Å². The maximum absolute atomic E-state index is 9.36. The van der Waals surface area contributed by atoms with Crippen molar-refractivity contribution in [2.45, 2.75) is 45.7 Å². The highest BCUT2D eigenvalue weighted by atomic mass is 16.3. The number of hydrogen-bond acceptors (Lipinski definition) is 2. The second-order valence-corrected chi connectivity index (χ2v) is 4.88. The Kier molecular flexibility index (Phi) is 6.90. The lowest BCUT2D eigenvalue weighted by atomic mass is 9.97. The van der Waals surface area contributed by atoms with Gasteiger partial charge in [0.05, 0.1) is 6.61 Å². The quantitative estimate of drug-likeness (QED) is 0.726. The summed E-state index contributed by atoms with van der Waals surface area (Å²) in [5, 5.41) is 12.8. The fraction of sp³-hybridized carbons (Fsp3) is 0.600. The van der Waals surface area contributed by atoms with E-state index < -0.39 is 0 Å². The van der Waals surface area contributed by atoms with Gasteiger partial charge in [-0.2, -0.15) is 0 Å². The Labute approximate surface area is 105 Å². The van der Waals surface area contributed by atoms with Crippen molar-refractivity contribution in [2.75, 3.05) is 6.61 Å². The first-order valence-corrected chi connectivity index (χ1v) is 6.64. The summed E-state index contributed by atoms with van der Waals surface area (Å²) in [6.45, 7) is 5.53. The van der Waals surface area contributed by atoms with Crippen LogP contribution in [0.2, 0.25) is 0 Å². The molecule has 0 saturated carbocycles. The Morgan fingerprint density at radius 3 is 2.53 bits per heavy atom. The van der Waals surface area contributed by atoms with Crippen LogP contribution in [0.15, 0.2) is 30.3 Å². The average molecular weight is 235 g/mol. The molecule has 0 aliphatic heterocycles. The first-order valence-electron chi connectivity index (χ1n) is 6.64. The van der Waals surface area contributed by atoms with Gasteiger partial charge in [-0.3, -0.25) is 0 Å². The lowest BCUT2D eigenvalue weighted by molar-refractivity contribution is 0.218. The molecule has 0 aliphatic carbocycles. The van der Waals surface area contributed by atoms with E-state index in [9.17, 15) is 5.11 Å². The highest BCUT2D eigenvalue weighted by Gasteiger charge is 2.11. The zero-order valence-corrected chi connectivity index (χ0v) is 11.0. The Morgan fingerprint density at radius 1 is 1.24 bits per heavy atom. The predicted octanol–water partition coefficient (Wildman–Crippen LogP) is 2.96. The molecule has 2 nitrogen and oxygen atoms in total. The summed E-state index contributed by atoms with van der Waals surface area (Å²) >= 11 is 0. The van der Waals surface area contributed by atoms with Crippen LogP contribution in [0.25, 0.3) is 0 Å². The monoisotopic (exact) mass is 235 g/mol. The summed E-state index contributed by atoms with van der Waals surface area (Å²) < 4.78 is 0. The van der Waals surface area contributed by atoms with Gasteiger partial charge in [-0.25, -0.2) is 0 Å². The van der Waals surface area contributed by atoms with Gasteiger partial charge in [0, 0.05) is 12.6 Å². The maximum atomic E-state index is 9.36. The van der Waals surface area contributed by atoms with Gasteiger partial charge in [0.1, 0.15) is 0 Å². The number of rotatable bonds is 8. The van der Waals surface area contributed by atoms with Crippen LogP contribution in [-0.2, 0) is 6.54 Å². The van der Waals surface area contributed by atoms with Crippen LogP contribution in [0.3, 0.4) is 0 Å². The molecule has 0 amide bonds. The van der Waals surface area contributed by atoms with Gasteiger partial charge in [-0.05, 0) is 17.9 Å². The summed E-state index contributed by atoms with van der Waals surface area (Å²) in [6.07, 6.45) is 3.51. The van der Waals surface area contributed by atoms with Gasteiger partial charge in [-0.1, -0.05) is 57.0 Å². The molecule has 0 radical (unpaired) electrons. The third-order valence-electron chi connectivity index (χ3n) is 3.13. The van der Waals surface area contributed by atoms with Gasteiger partial charge in [0.15, 0.2) is 0 Å². The third-order valence-corrected chi connectivity index (χ3v) is 3.13. The molecule has 2 N–H and O–H groups in total. The van der Waals surface area contributed by atoms with Crippen LogP contribution in [-0.4, -0.2) is 17.8 Å². The van der Waals surface area contributed by atoms with Crippen molar-refractivity contribution in [3.63, 3.8) is 0 Å². The standard InChI is InChI=1S/C15H25NO/c1-3-7-13(2)10-15(12-17)16-11-14-8-5-4-6-9-14/h4-6,8-9,13,15-17H,3,7,10-12H2,1-2H3. The van der Waals surface area contributed by atoms with Crippen LogP contribution in [0.5, 0.6) is 0 Å². The van der Waals surface area contributed by atoms with Gasteiger partial charge in [0.25, 0.3) is 0 Å². The molecule has 0 bridgehead atoms. The molecule has 1 rings (SSSR count). The minimum atomic E-state index is 0.219. The first kappa shape index (κ1) is 14.2. The number of aliphatic hydroxyl groups excluding tert-OH is 1. The van der Waals surface area contributed by atoms with Crippen LogP contribution >= 0.6 is 0 Å². The highest BCUT2D eigenvalue weighted by Crippen LogP contribution is 2.12. The zero-order chi connectivity index (χ0) is 12.5. The van der Waals surface area contributed by atoms with E-state index >= 15 is 0 Å². The fourth-order valence-electron chi connectivity index (χ4n) is 2.18. The summed E-state index contributed by atoms with van der Waals surface area (Å²) in [7, 11) is 0. The van der Waals surface area contributed by atoms with Crippen LogP contribution in [0.4, 0.5) is 0 Å². The van der Waals surface area contributed by atoms with E-state index in [1.807, 2.05) is 18.2 Å². The summed E-state index contributed by atoms with van der Waals surface area (Å²) in [5.41, 5.74) is 1.27. The van der Waals surface area contributed by atoms with Crippen molar-refractivity contribution in [3.05, 3.63) is 35.9 Å². The molecule has 1 aromatic rings. The van der Waals surface area contributed by atoms with Crippen LogP contribution < -0.4 is 5.32 Å². The van der Waals surface area contributed by atoms with E-state index in [2.05, 4.69) is 31.3 Å². The number of aliphatic hydroxyl groups is 1. The van der Waals surface area contributed by atoms with Crippen LogP contribution in [0, 0.1) is 5.92 Å². The lowest BCUT2D eigenvalue weighted by Gasteiger charge is -2.20. The molecular formula is C15H25NO.